The molecule has 0 spiro atoms. The fourth-order valence-corrected chi connectivity index (χ4v) is 1.72. The van der Waals surface area contributed by atoms with E-state index < -0.39 is 23.5 Å². The first-order chi connectivity index (χ1) is 11.4. The summed E-state index contributed by atoms with van der Waals surface area (Å²) in [6.45, 7) is 0.115. The Hall–Kier alpha value is -3.63. The van der Waals surface area contributed by atoms with Crippen LogP contribution in [0.4, 0.5) is 16.2 Å². The second-order valence-corrected chi connectivity index (χ2v) is 4.66. The molecule has 0 radical (unpaired) electrons. The average molecular weight is 333 g/mol. The number of amides is 4. The second kappa shape index (κ2) is 7.58. The van der Waals surface area contributed by atoms with Crippen LogP contribution in [0.3, 0.4) is 0 Å². The van der Waals surface area contributed by atoms with Crippen LogP contribution in [0.15, 0.2) is 29.1 Å². The van der Waals surface area contributed by atoms with Crippen LogP contribution in [0.5, 0.6) is 0 Å². The van der Waals surface area contributed by atoms with Crippen LogP contribution in [-0.2, 0) is 4.79 Å². The van der Waals surface area contributed by atoms with E-state index in [1.54, 1.807) is 18.2 Å². The van der Waals surface area contributed by atoms with Gasteiger partial charge < -0.3 is 21.7 Å². The molecule has 126 valence electrons. The number of anilines is 2. The fraction of sp³-hybridized carbons (Fsp3) is 0.154. The Morgan fingerprint density at radius 1 is 1.17 bits per heavy atom. The Labute approximate surface area is 135 Å². The number of rotatable bonds is 6. The molecule has 1 aromatic carbocycles. The standard InChI is InChI=1S/C13H15N7O4/c14-9(21)4-5-15-12(23)17-8-3-1-2-7(6-8)16-11(22)10-18-13(24)20-19-10/h1-3,6H,4-5H2,(H2,14,21)(H,16,22)(H2,15,17,23)(H2,18,19,20,24). The molecule has 0 fully saturated rings. The molecule has 1 aromatic heterocycles. The first kappa shape index (κ1) is 16.7. The van der Waals surface area contributed by atoms with E-state index in [0.717, 1.165) is 0 Å². The van der Waals surface area contributed by atoms with Crippen LogP contribution in [0.2, 0.25) is 0 Å². The topological polar surface area (TPSA) is 175 Å². The minimum absolute atomic E-state index is 0.0331. The van der Waals surface area contributed by atoms with Crippen molar-refractivity contribution in [3.8, 4) is 0 Å². The molecule has 0 saturated carbocycles. The molecule has 1 heterocycles. The Kier molecular flexibility index (Phi) is 5.28. The molecule has 11 nitrogen and oxygen atoms in total. The lowest BCUT2D eigenvalue weighted by Gasteiger charge is -2.09. The van der Waals surface area contributed by atoms with Crippen molar-refractivity contribution in [1.29, 1.82) is 0 Å². The number of hydrogen-bond donors (Lipinski definition) is 6. The number of nitrogens with one attached hydrogen (secondary N) is 5. The molecule has 11 heteroatoms. The van der Waals surface area contributed by atoms with E-state index in [1.807, 2.05) is 0 Å². The first-order valence-corrected chi connectivity index (χ1v) is 6.83. The summed E-state index contributed by atoms with van der Waals surface area (Å²) in [5.74, 6) is -1.30. The maximum atomic E-state index is 11.9. The van der Waals surface area contributed by atoms with Crippen molar-refractivity contribution in [2.24, 2.45) is 5.73 Å². The summed E-state index contributed by atoms with van der Waals surface area (Å²) in [4.78, 5) is 47.2. The number of aromatic nitrogens is 3. The summed E-state index contributed by atoms with van der Waals surface area (Å²) in [5.41, 5.74) is 5.18. The van der Waals surface area contributed by atoms with E-state index in [2.05, 4.69) is 31.1 Å². The number of nitrogens with zero attached hydrogens (tertiary/aromatic N) is 1. The van der Waals surface area contributed by atoms with Gasteiger partial charge in [-0.1, -0.05) is 6.07 Å². The van der Waals surface area contributed by atoms with Crippen molar-refractivity contribution in [3.63, 3.8) is 0 Å². The van der Waals surface area contributed by atoms with E-state index >= 15 is 0 Å². The molecule has 4 amide bonds. The van der Waals surface area contributed by atoms with Crippen LogP contribution < -0.4 is 27.4 Å². The van der Waals surface area contributed by atoms with Crippen LogP contribution >= 0.6 is 0 Å². The van der Waals surface area contributed by atoms with E-state index in [0.29, 0.717) is 11.4 Å². The van der Waals surface area contributed by atoms with E-state index in [9.17, 15) is 19.2 Å². The summed E-state index contributed by atoms with van der Waals surface area (Å²) in [7, 11) is 0. The van der Waals surface area contributed by atoms with Crippen LogP contribution in [0, 0.1) is 0 Å². The first-order valence-electron chi connectivity index (χ1n) is 6.83. The number of H-pyrrole nitrogens is 2. The van der Waals surface area contributed by atoms with E-state index in [-0.39, 0.29) is 18.8 Å². The molecule has 24 heavy (non-hydrogen) atoms. The van der Waals surface area contributed by atoms with Crippen molar-refractivity contribution >= 4 is 29.2 Å². The van der Waals surface area contributed by atoms with Gasteiger partial charge in [-0.25, -0.2) is 14.7 Å². The predicted octanol–water partition coefficient (Wildman–Crippen LogP) is -0.653. The quantitative estimate of drug-likeness (QED) is 0.411. The molecular weight excluding hydrogens is 318 g/mol. The number of primary amides is 1. The van der Waals surface area contributed by atoms with Gasteiger partial charge in [0.1, 0.15) is 0 Å². The Morgan fingerprint density at radius 2 is 1.88 bits per heavy atom. The normalized spacial score (nSPS) is 10.0. The average Bonchev–Trinajstić information content (AvgIpc) is 2.94. The van der Waals surface area contributed by atoms with Gasteiger partial charge in [-0.3, -0.25) is 14.6 Å². The summed E-state index contributed by atoms with van der Waals surface area (Å²) >= 11 is 0. The molecule has 0 atom stereocenters. The highest BCUT2D eigenvalue weighted by Crippen LogP contribution is 2.15. The largest absolute Gasteiger partial charge is 0.370 e. The van der Waals surface area contributed by atoms with Gasteiger partial charge in [-0.05, 0) is 18.2 Å². The molecule has 0 saturated heterocycles. The molecule has 0 aliphatic carbocycles. The Morgan fingerprint density at radius 3 is 2.50 bits per heavy atom. The number of hydrogen-bond acceptors (Lipinski definition) is 5. The second-order valence-electron chi connectivity index (χ2n) is 4.66. The van der Waals surface area contributed by atoms with Crippen LogP contribution in [-0.4, -0.2) is 39.6 Å². The van der Waals surface area contributed by atoms with Gasteiger partial charge in [0.05, 0.1) is 0 Å². The maximum absolute atomic E-state index is 11.9. The molecule has 2 aromatic rings. The zero-order valence-electron chi connectivity index (χ0n) is 12.4. The number of carbonyl (C=O) groups excluding carboxylic acids is 3. The lowest BCUT2D eigenvalue weighted by Crippen LogP contribution is -2.31. The molecule has 0 bridgehead atoms. The highest BCUT2D eigenvalue weighted by molar-refractivity contribution is 6.02. The molecule has 0 unspecified atom stereocenters. The molecule has 0 aliphatic rings. The van der Waals surface area contributed by atoms with Gasteiger partial charge in [0, 0.05) is 24.3 Å². The summed E-state index contributed by atoms with van der Waals surface area (Å²) in [6, 6.07) is 5.81. The summed E-state index contributed by atoms with van der Waals surface area (Å²) in [6.07, 6.45) is 0.0331. The maximum Gasteiger partial charge on any atom is 0.341 e. The number of aromatic amines is 2. The Balaban J connectivity index is 1.93. The third-order valence-electron chi connectivity index (χ3n) is 2.75. The summed E-state index contributed by atoms with van der Waals surface area (Å²) < 4.78 is 0. The smallest absolute Gasteiger partial charge is 0.341 e. The minimum atomic E-state index is -0.614. The minimum Gasteiger partial charge on any atom is -0.370 e. The van der Waals surface area contributed by atoms with Crippen molar-refractivity contribution in [1.82, 2.24) is 20.5 Å². The molecule has 0 aliphatic heterocycles. The van der Waals surface area contributed by atoms with Gasteiger partial charge in [0.25, 0.3) is 5.91 Å². The van der Waals surface area contributed by atoms with Crippen LogP contribution in [0.1, 0.15) is 17.0 Å². The van der Waals surface area contributed by atoms with Gasteiger partial charge >= 0.3 is 11.7 Å². The third-order valence-corrected chi connectivity index (χ3v) is 2.75. The zero-order chi connectivity index (χ0) is 17.5. The van der Waals surface area contributed by atoms with Crippen LogP contribution in [0.25, 0.3) is 0 Å². The van der Waals surface area contributed by atoms with E-state index in [1.165, 1.54) is 6.07 Å². The van der Waals surface area contributed by atoms with Crippen molar-refractivity contribution in [3.05, 3.63) is 40.6 Å². The number of urea groups is 1. The fourth-order valence-electron chi connectivity index (χ4n) is 1.72. The predicted molar refractivity (Wildman–Crippen MR) is 84.4 cm³/mol. The van der Waals surface area contributed by atoms with Gasteiger partial charge in [0.2, 0.25) is 11.7 Å². The zero-order valence-corrected chi connectivity index (χ0v) is 12.4. The van der Waals surface area contributed by atoms with E-state index in [4.69, 9.17) is 5.73 Å². The number of carbonyl (C=O) groups is 3. The number of benzene rings is 1. The van der Waals surface area contributed by atoms with Gasteiger partial charge in [-0.2, -0.15) is 0 Å². The van der Waals surface area contributed by atoms with Crippen molar-refractivity contribution < 1.29 is 14.4 Å². The monoisotopic (exact) mass is 333 g/mol. The highest BCUT2D eigenvalue weighted by Gasteiger charge is 2.10. The van der Waals surface area contributed by atoms with Crippen molar-refractivity contribution in [2.45, 2.75) is 6.42 Å². The molecular formula is C13H15N7O4. The lowest BCUT2D eigenvalue weighted by atomic mass is 10.2. The van der Waals surface area contributed by atoms with Gasteiger partial charge in [0.15, 0.2) is 0 Å². The third kappa shape index (κ3) is 4.98. The SMILES string of the molecule is NC(=O)CCNC(=O)Nc1cccc(NC(=O)c2n[nH]c(=O)[nH]2)c1. The number of nitrogens with two attached hydrogens (primary N) is 1. The Bertz CT molecular complexity index is 810. The lowest BCUT2D eigenvalue weighted by molar-refractivity contribution is -0.117. The molecule has 2 rings (SSSR count). The van der Waals surface area contributed by atoms with Crippen molar-refractivity contribution in [2.75, 3.05) is 17.2 Å². The summed E-state index contributed by atoms with van der Waals surface area (Å²) in [5, 5.41) is 13.1. The highest BCUT2D eigenvalue weighted by atomic mass is 16.2. The van der Waals surface area contributed by atoms with Gasteiger partial charge in [-0.15, -0.1) is 5.10 Å². The molecule has 7 N–H and O–H groups in total.